The summed E-state index contributed by atoms with van der Waals surface area (Å²) >= 11 is 0. The lowest BCUT2D eigenvalue weighted by Crippen LogP contribution is -2.28. The summed E-state index contributed by atoms with van der Waals surface area (Å²) < 4.78 is 0. The molecule has 0 aromatic carbocycles. The van der Waals surface area contributed by atoms with Crippen molar-refractivity contribution in [1.29, 1.82) is 5.41 Å². The van der Waals surface area contributed by atoms with Gasteiger partial charge in [-0.1, -0.05) is 11.6 Å². The van der Waals surface area contributed by atoms with Crippen LogP contribution < -0.4 is 11.1 Å². The summed E-state index contributed by atoms with van der Waals surface area (Å²) in [4.78, 5) is 10.4. The van der Waals surface area contributed by atoms with E-state index < -0.39 is 12.0 Å². The van der Waals surface area contributed by atoms with Gasteiger partial charge in [-0.25, -0.2) is 0 Å². The second-order valence-electron chi connectivity index (χ2n) is 3.53. The largest absolute Gasteiger partial charge is 0.480 e. The minimum absolute atomic E-state index is 0.443. The first-order valence-electron chi connectivity index (χ1n) is 4.88. The molecule has 0 spiro atoms. The van der Waals surface area contributed by atoms with Crippen LogP contribution in [0.15, 0.2) is 11.6 Å². The van der Waals surface area contributed by atoms with Gasteiger partial charge in [-0.05, 0) is 26.7 Å². The number of aliphatic carboxylic acids is 1. The van der Waals surface area contributed by atoms with Crippen molar-refractivity contribution in [2.45, 2.75) is 32.7 Å². The molecule has 0 aromatic rings. The lowest BCUT2D eigenvalue weighted by Gasteiger charge is -2.05. The SMILES string of the molecule is CC(=N)NCCC/C(C)=C/C(N)C(=O)O. The molecule has 0 aliphatic heterocycles. The summed E-state index contributed by atoms with van der Waals surface area (Å²) in [6, 6.07) is -0.914. The first-order valence-corrected chi connectivity index (χ1v) is 4.88. The van der Waals surface area contributed by atoms with E-state index in [-0.39, 0.29) is 0 Å². The normalized spacial score (nSPS) is 13.4. The van der Waals surface area contributed by atoms with Crippen LogP contribution in [0.4, 0.5) is 0 Å². The van der Waals surface area contributed by atoms with Crippen molar-refractivity contribution in [1.82, 2.24) is 5.32 Å². The molecular formula is C10H19N3O2. The van der Waals surface area contributed by atoms with Crippen molar-refractivity contribution in [2.24, 2.45) is 5.73 Å². The Balaban J connectivity index is 3.78. The Morgan fingerprint density at radius 3 is 2.67 bits per heavy atom. The highest BCUT2D eigenvalue weighted by molar-refractivity contribution is 5.76. The van der Waals surface area contributed by atoms with Gasteiger partial charge in [0.05, 0.1) is 5.84 Å². The molecule has 0 radical (unpaired) electrons. The number of rotatable bonds is 6. The molecule has 0 amide bonds. The summed E-state index contributed by atoms with van der Waals surface area (Å²) in [5.74, 6) is -0.568. The quantitative estimate of drug-likeness (QED) is 0.226. The van der Waals surface area contributed by atoms with Gasteiger partial charge in [-0.3, -0.25) is 10.2 Å². The summed E-state index contributed by atoms with van der Waals surface area (Å²) in [5.41, 5.74) is 6.31. The lowest BCUT2D eigenvalue weighted by atomic mass is 10.1. The molecule has 0 saturated carbocycles. The Morgan fingerprint density at radius 2 is 2.20 bits per heavy atom. The van der Waals surface area contributed by atoms with Gasteiger partial charge < -0.3 is 16.2 Å². The minimum atomic E-state index is -1.01. The minimum Gasteiger partial charge on any atom is -0.480 e. The maximum atomic E-state index is 10.4. The molecule has 5 N–H and O–H groups in total. The molecular weight excluding hydrogens is 194 g/mol. The van der Waals surface area contributed by atoms with E-state index in [4.69, 9.17) is 16.2 Å². The molecule has 0 heterocycles. The van der Waals surface area contributed by atoms with Gasteiger partial charge >= 0.3 is 5.97 Å². The first-order chi connectivity index (χ1) is 6.93. The van der Waals surface area contributed by atoms with E-state index >= 15 is 0 Å². The maximum Gasteiger partial charge on any atom is 0.324 e. The molecule has 15 heavy (non-hydrogen) atoms. The third-order valence-electron chi connectivity index (χ3n) is 1.89. The average molecular weight is 213 g/mol. The fourth-order valence-corrected chi connectivity index (χ4v) is 1.10. The number of hydrogen-bond donors (Lipinski definition) is 4. The van der Waals surface area contributed by atoms with Crippen molar-refractivity contribution in [2.75, 3.05) is 6.54 Å². The molecule has 0 aliphatic carbocycles. The molecule has 0 aliphatic rings. The number of hydrogen-bond acceptors (Lipinski definition) is 3. The van der Waals surface area contributed by atoms with Crippen molar-refractivity contribution in [3.05, 3.63) is 11.6 Å². The smallest absolute Gasteiger partial charge is 0.324 e. The highest BCUT2D eigenvalue weighted by atomic mass is 16.4. The number of carboxylic acid groups (broad SMARTS) is 1. The van der Waals surface area contributed by atoms with E-state index in [0.717, 1.165) is 25.0 Å². The molecule has 0 saturated heterocycles. The number of allylic oxidation sites excluding steroid dienone is 1. The van der Waals surface area contributed by atoms with E-state index in [1.54, 1.807) is 13.0 Å². The molecule has 5 heteroatoms. The Bertz CT molecular complexity index is 261. The summed E-state index contributed by atoms with van der Waals surface area (Å²) in [6.07, 6.45) is 3.21. The summed E-state index contributed by atoms with van der Waals surface area (Å²) in [5, 5.41) is 18.6. The van der Waals surface area contributed by atoms with Gasteiger partial charge in [0.15, 0.2) is 0 Å². The lowest BCUT2D eigenvalue weighted by molar-refractivity contribution is -0.137. The van der Waals surface area contributed by atoms with Crippen LogP contribution in [-0.2, 0) is 4.79 Å². The molecule has 86 valence electrons. The third-order valence-corrected chi connectivity index (χ3v) is 1.89. The monoisotopic (exact) mass is 213 g/mol. The Hall–Kier alpha value is -1.36. The Labute approximate surface area is 89.9 Å². The predicted octanol–water partition coefficient (Wildman–Crippen LogP) is 0.712. The standard InChI is InChI=1S/C10H19N3O2/c1-7(6-9(12)10(14)15)4-3-5-13-8(2)11/h6,9H,3-5,12H2,1-2H3,(H2,11,13)(H,14,15)/b7-6+. The third kappa shape index (κ3) is 7.69. The van der Waals surface area contributed by atoms with Crippen LogP contribution >= 0.6 is 0 Å². The van der Waals surface area contributed by atoms with E-state index in [0.29, 0.717) is 5.84 Å². The zero-order valence-electron chi connectivity index (χ0n) is 9.21. The highest BCUT2D eigenvalue weighted by Crippen LogP contribution is 2.04. The second-order valence-corrected chi connectivity index (χ2v) is 3.53. The van der Waals surface area contributed by atoms with Crippen LogP contribution in [0.5, 0.6) is 0 Å². The zero-order chi connectivity index (χ0) is 11.8. The van der Waals surface area contributed by atoms with Gasteiger partial charge in [-0.2, -0.15) is 0 Å². The van der Waals surface area contributed by atoms with Crippen molar-refractivity contribution in [3.63, 3.8) is 0 Å². The summed E-state index contributed by atoms with van der Waals surface area (Å²) in [7, 11) is 0. The molecule has 0 bridgehead atoms. The predicted molar refractivity (Wildman–Crippen MR) is 60.0 cm³/mol. The van der Waals surface area contributed by atoms with Gasteiger partial charge in [0.25, 0.3) is 0 Å². The van der Waals surface area contributed by atoms with Crippen molar-refractivity contribution >= 4 is 11.8 Å². The molecule has 5 nitrogen and oxygen atoms in total. The van der Waals surface area contributed by atoms with Crippen LogP contribution in [0.25, 0.3) is 0 Å². The van der Waals surface area contributed by atoms with E-state index in [1.807, 2.05) is 6.92 Å². The maximum absolute atomic E-state index is 10.4. The van der Waals surface area contributed by atoms with E-state index in [9.17, 15) is 4.79 Å². The number of carbonyl (C=O) groups is 1. The van der Waals surface area contributed by atoms with Gasteiger partial charge in [0.2, 0.25) is 0 Å². The van der Waals surface area contributed by atoms with E-state index in [2.05, 4.69) is 5.32 Å². The Morgan fingerprint density at radius 1 is 1.60 bits per heavy atom. The Kier molecular flexibility index (Phi) is 6.37. The first kappa shape index (κ1) is 13.6. The molecule has 1 unspecified atom stereocenters. The molecule has 1 atom stereocenters. The summed E-state index contributed by atoms with van der Waals surface area (Å²) in [6.45, 7) is 4.27. The second kappa shape index (κ2) is 7.00. The van der Waals surface area contributed by atoms with Crippen LogP contribution in [0.2, 0.25) is 0 Å². The number of amidine groups is 1. The van der Waals surface area contributed by atoms with Gasteiger partial charge in [0.1, 0.15) is 6.04 Å². The van der Waals surface area contributed by atoms with E-state index in [1.165, 1.54) is 0 Å². The van der Waals surface area contributed by atoms with Gasteiger partial charge in [0, 0.05) is 6.54 Å². The number of nitrogens with one attached hydrogen (secondary N) is 2. The van der Waals surface area contributed by atoms with Crippen LogP contribution in [0, 0.1) is 5.41 Å². The number of nitrogens with two attached hydrogens (primary N) is 1. The van der Waals surface area contributed by atoms with Crippen molar-refractivity contribution in [3.8, 4) is 0 Å². The number of carboxylic acids is 1. The highest BCUT2D eigenvalue weighted by Gasteiger charge is 2.07. The van der Waals surface area contributed by atoms with Gasteiger partial charge in [-0.15, -0.1) is 0 Å². The zero-order valence-corrected chi connectivity index (χ0v) is 9.21. The molecule has 0 rings (SSSR count). The average Bonchev–Trinajstić information content (AvgIpc) is 2.12. The van der Waals surface area contributed by atoms with Crippen LogP contribution in [0.3, 0.4) is 0 Å². The van der Waals surface area contributed by atoms with Crippen molar-refractivity contribution < 1.29 is 9.90 Å². The fraction of sp³-hybridized carbons (Fsp3) is 0.600. The topological polar surface area (TPSA) is 99.2 Å². The van der Waals surface area contributed by atoms with Crippen LogP contribution in [-0.4, -0.2) is 29.5 Å². The molecule has 0 aromatic heterocycles. The fourth-order valence-electron chi connectivity index (χ4n) is 1.10. The molecule has 0 fully saturated rings. The van der Waals surface area contributed by atoms with Crippen LogP contribution in [0.1, 0.15) is 26.7 Å².